The van der Waals surface area contributed by atoms with Crippen molar-refractivity contribution in [2.24, 2.45) is 7.05 Å². The number of carbonyl (C=O) groups is 1. The first kappa shape index (κ1) is 21.1. The number of hydrogen-bond donors (Lipinski definition) is 2. The zero-order valence-corrected chi connectivity index (χ0v) is 18.3. The highest BCUT2D eigenvalue weighted by molar-refractivity contribution is 5.99. The lowest BCUT2D eigenvalue weighted by Gasteiger charge is -2.22. The molecule has 3 aromatic rings. The van der Waals surface area contributed by atoms with E-state index in [1.807, 2.05) is 13.2 Å². The number of nitrogen functional groups attached to an aromatic ring is 1. The third-order valence-electron chi connectivity index (χ3n) is 6.01. The van der Waals surface area contributed by atoms with Crippen molar-refractivity contribution in [2.45, 2.75) is 51.9 Å². The van der Waals surface area contributed by atoms with E-state index in [0.717, 1.165) is 36.0 Å². The maximum absolute atomic E-state index is 13.0. The molecular weight excluding hydrogens is 390 g/mol. The van der Waals surface area contributed by atoms with E-state index in [-0.39, 0.29) is 23.9 Å². The van der Waals surface area contributed by atoms with Crippen LogP contribution < -0.4 is 11.1 Å². The fraction of sp³-hybridized carbons (Fsp3) is 0.375. The van der Waals surface area contributed by atoms with Crippen LogP contribution in [0.5, 0.6) is 0 Å². The zero-order chi connectivity index (χ0) is 22.0. The quantitative estimate of drug-likeness (QED) is 0.637. The topological polar surface area (TPSA) is 95.1 Å². The van der Waals surface area contributed by atoms with Gasteiger partial charge in [-0.25, -0.2) is 4.98 Å². The number of nitrogens with one attached hydrogen (secondary N) is 1. The van der Waals surface area contributed by atoms with Crippen LogP contribution >= 0.6 is 0 Å². The summed E-state index contributed by atoms with van der Waals surface area (Å²) in [5.41, 5.74) is 11.8. The maximum atomic E-state index is 13.0. The van der Waals surface area contributed by atoms with Gasteiger partial charge in [-0.15, -0.1) is 0 Å². The second kappa shape index (κ2) is 8.89. The summed E-state index contributed by atoms with van der Waals surface area (Å²) in [5.74, 6) is -0.00171. The highest BCUT2D eigenvalue weighted by Crippen LogP contribution is 2.26. The maximum Gasteiger partial charge on any atom is 0.255 e. The van der Waals surface area contributed by atoms with Crippen molar-refractivity contribution in [2.75, 3.05) is 5.73 Å². The van der Waals surface area contributed by atoms with Gasteiger partial charge in [-0.1, -0.05) is 18.2 Å². The third kappa shape index (κ3) is 4.77. The van der Waals surface area contributed by atoms with Gasteiger partial charge in [0.2, 0.25) is 0 Å². The molecule has 3 N–H and O–H groups in total. The molecule has 4 rings (SSSR count). The Morgan fingerprint density at radius 3 is 2.77 bits per heavy atom. The monoisotopic (exact) mass is 419 g/mol. The fourth-order valence-electron chi connectivity index (χ4n) is 4.02. The Labute approximate surface area is 182 Å². The SMILES string of the molecule is Cc1ccc(COC2CCCC2NC(=O)c2cc(-c3cnn(C)c3)cnc2N)cc1C. The molecule has 2 heterocycles. The smallest absolute Gasteiger partial charge is 0.255 e. The van der Waals surface area contributed by atoms with Crippen molar-refractivity contribution < 1.29 is 9.53 Å². The Bertz CT molecular complexity index is 1090. The summed E-state index contributed by atoms with van der Waals surface area (Å²) in [6.07, 6.45) is 8.10. The number of carbonyl (C=O) groups excluding carboxylic acids is 1. The van der Waals surface area contributed by atoms with Gasteiger partial charge in [0.1, 0.15) is 5.82 Å². The highest BCUT2D eigenvalue weighted by atomic mass is 16.5. The van der Waals surface area contributed by atoms with E-state index in [1.165, 1.54) is 11.1 Å². The van der Waals surface area contributed by atoms with Gasteiger partial charge in [-0.05, 0) is 55.9 Å². The van der Waals surface area contributed by atoms with Gasteiger partial charge in [0, 0.05) is 30.6 Å². The summed E-state index contributed by atoms with van der Waals surface area (Å²) in [7, 11) is 1.85. The second-order valence-corrected chi connectivity index (χ2v) is 8.34. The van der Waals surface area contributed by atoms with E-state index in [9.17, 15) is 4.79 Å². The Morgan fingerprint density at radius 2 is 2.03 bits per heavy atom. The number of anilines is 1. The predicted molar refractivity (Wildman–Crippen MR) is 120 cm³/mol. The standard InChI is InChI=1S/C24H29N5O2/c1-15-7-8-17(9-16(15)2)14-31-22-6-4-5-21(22)28-24(30)20-10-18(11-26-23(20)25)19-12-27-29(3)13-19/h7-13,21-22H,4-6,14H2,1-3H3,(H2,25,26)(H,28,30). The molecule has 2 atom stereocenters. The minimum atomic E-state index is -0.220. The number of nitrogens with zero attached hydrogens (tertiary/aromatic N) is 3. The van der Waals surface area contributed by atoms with Crippen LogP contribution in [0.25, 0.3) is 11.1 Å². The van der Waals surface area contributed by atoms with Gasteiger partial charge in [0.25, 0.3) is 5.91 Å². The number of aromatic nitrogens is 3. The van der Waals surface area contributed by atoms with Gasteiger partial charge in [0.05, 0.1) is 30.5 Å². The minimum Gasteiger partial charge on any atom is -0.383 e. The lowest BCUT2D eigenvalue weighted by atomic mass is 10.1. The number of pyridine rings is 1. The third-order valence-corrected chi connectivity index (χ3v) is 6.01. The van der Waals surface area contributed by atoms with Crippen molar-refractivity contribution >= 4 is 11.7 Å². The molecule has 0 aliphatic heterocycles. The first-order valence-corrected chi connectivity index (χ1v) is 10.6. The highest BCUT2D eigenvalue weighted by Gasteiger charge is 2.30. The van der Waals surface area contributed by atoms with Crippen molar-refractivity contribution in [3.63, 3.8) is 0 Å². The molecule has 1 aliphatic carbocycles. The summed E-state index contributed by atoms with van der Waals surface area (Å²) >= 11 is 0. The molecule has 7 nitrogen and oxygen atoms in total. The van der Waals surface area contributed by atoms with Crippen LogP contribution in [0.3, 0.4) is 0 Å². The van der Waals surface area contributed by atoms with E-state index < -0.39 is 0 Å². The molecule has 7 heteroatoms. The molecule has 1 saturated carbocycles. The minimum absolute atomic E-state index is 0.0127. The van der Waals surface area contributed by atoms with E-state index >= 15 is 0 Å². The number of aryl methyl sites for hydroxylation is 3. The number of amides is 1. The number of benzene rings is 1. The number of hydrogen-bond acceptors (Lipinski definition) is 5. The van der Waals surface area contributed by atoms with Gasteiger partial charge in [-0.2, -0.15) is 5.10 Å². The van der Waals surface area contributed by atoms with E-state index in [2.05, 4.69) is 47.4 Å². The van der Waals surface area contributed by atoms with E-state index in [1.54, 1.807) is 23.1 Å². The van der Waals surface area contributed by atoms with Crippen molar-refractivity contribution in [3.05, 3.63) is 65.1 Å². The summed E-state index contributed by atoms with van der Waals surface area (Å²) in [6.45, 7) is 4.75. The summed E-state index contributed by atoms with van der Waals surface area (Å²) < 4.78 is 7.90. The van der Waals surface area contributed by atoms with Crippen LogP contribution in [0, 0.1) is 13.8 Å². The first-order valence-electron chi connectivity index (χ1n) is 10.6. The molecule has 1 aromatic carbocycles. The molecule has 0 spiro atoms. The van der Waals surface area contributed by atoms with Crippen molar-refractivity contribution in [1.29, 1.82) is 0 Å². The molecule has 1 aliphatic rings. The second-order valence-electron chi connectivity index (χ2n) is 8.34. The molecule has 0 radical (unpaired) electrons. The Balaban J connectivity index is 1.43. The first-order chi connectivity index (χ1) is 14.9. The van der Waals surface area contributed by atoms with Crippen molar-refractivity contribution in [1.82, 2.24) is 20.1 Å². The van der Waals surface area contributed by atoms with Gasteiger partial charge < -0.3 is 15.8 Å². The fourth-order valence-corrected chi connectivity index (χ4v) is 4.02. The Kier molecular flexibility index (Phi) is 6.04. The van der Waals surface area contributed by atoms with Crippen LogP contribution in [-0.2, 0) is 18.4 Å². The van der Waals surface area contributed by atoms with Gasteiger partial charge >= 0.3 is 0 Å². The molecular formula is C24H29N5O2. The number of nitrogens with two attached hydrogens (primary N) is 1. The summed E-state index contributed by atoms with van der Waals surface area (Å²) in [6, 6.07) is 8.11. The molecule has 1 amide bonds. The van der Waals surface area contributed by atoms with Crippen LogP contribution in [-0.4, -0.2) is 32.8 Å². The van der Waals surface area contributed by atoms with Gasteiger partial charge in [0.15, 0.2) is 0 Å². The summed E-state index contributed by atoms with van der Waals surface area (Å²) in [4.78, 5) is 17.2. The molecule has 2 unspecified atom stereocenters. The Morgan fingerprint density at radius 1 is 1.19 bits per heavy atom. The zero-order valence-electron chi connectivity index (χ0n) is 18.3. The van der Waals surface area contributed by atoms with Crippen LogP contribution in [0.4, 0.5) is 5.82 Å². The molecule has 0 saturated heterocycles. The molecule has 162 valence electrons. The lowest BCUT2D eigenvalue weighted by molar-refractivity contribution is 0.0272. The molecule has 31 heavy (non-hydrogen) atoms. The van der Waals surface area contributed by atoms with Crippen LogP contribution in [0.1, 0.15) is 46.3 Å². The van der Waals surface area contributed by atoms with Crippen LogP contribution in [0.15, 0.2) is 42.9 Å². The van der Waals surface area contributed by atoms with E-state index in [4.69, 9.17) is 10.5 Å². The van der Waals surface area contributed by atoms with Gasteiger partial charge in [-0.3, -0.25) is 9.48 Å². The average molecular weight is 420 g/mol. The normalized spacial score (nSPS) is 18.3. The molecule has 1 fully saturated rings. The predicted octanol–water partition coefficient (Wildman–Crippen LogP) is 3.55. The number of ether oxygens (including phenoxy) is 1. The number of rotatable bonds is 6. The molecule has 2 aromatic heterocycles. The van der Waals surface area contributed by atoms with Crippen molar-refractivity contribution in [3.8, 4) is 11.1 Å². The summed E-state index contributed by atoms with van der Waals surface area (Å²) in [5, 5.41) is 7.30. The lowest BCUT2D eigenvalue weighted by Crippen LogP contribution is -2.41. The largest absolute Gasteiger partial charge is 0.383 e. The van der Waals surface area contributed by atoms with E-state index in [0.29, 0.717) is 12.2 Å². The molecule has 0 bridgehead atoms. The average Bonchev–Trinajstić information content (AvgIpc) is 3.38. The van der Waals surface area contributed by atoms with Crippen LogP contribution in [0.2, 0.25) is 0 Å². The Hall–Kier alpha value is -3.19.